The van der Waals surface area contributed by atoms with Gasteiger partial charge in [0.25, 0.3) is 5.91 Å². The molecule has 0 aliphatic heterocycles. The van der Waals surface area contributed by atoms with Crippen molar-refractivity contribution in [3.8, 4) is 10.6 Å². The molecule has 4 nitrogen and oxygen atoms in total. The molecule has 2 aromatic heterocycles. The Morgan fingerprint density at radius 1 is 1.19 bits per heavy atom. The maximum Gasteiger partial charge on any atom is 0.275 e. The van der Waals surface area contributed by atoms with Crippen LogP contribution < -0.4 is 5.32 Å². The molecule has 1 aromatic carbocycles. The number of carbonyl (C=O) groups excluding carboxylic acids is 1. The molecule has 0 unspecified atom stereocenters. The summed E-state index contributed by atoms with van der Waals surface area (Å²) in [5.41, 5.74) is 3.29. The van der Waals surface area contributed by atoms with Crippen molar-refractivity contribution in [2.75, 3.05) is 5.32 Å². The number of hydrogen-bond donors (Lipinski definition) is 1. The minimum absolute atomic E-state index is 0.224. The van der Waals surface area contributed by atoms with Crippen LogP contribution in [0.4, 0.5) is 5.69 Å². The van der Waals surface area contributed by atoms with Crippen molar-refractivity contribution in [2.24, 2.45) is 0 Å². The highest BCUT2D eigenvalue weighted by atomic mass is 32.1. The van der Waals surface area contributed by atoms with Crippen molar-refractivity contribution in [3.05, 3.63) is 65.4 Å². The van der Waals surface area contributed by atoms with Gasteiger partial charge < -0.3 is 5.32 Å². The molecule has 0 spiro atoms. The van der Waals surface area contributed by atoms with E-state index in [2.05, 4.69) is 15.3 Å². The lowest BCUT2D eigenvalue weighted by molar-refractivity contribution is 0.102. The molecule has 104 valence electrons. The first kappa shape index (κ1) is 13.5. The average Bonchev–Trinajstić information content (AvgIpc) is 2.99. The van der Waals surface area contributed by atoms with Crippen LogP contribution in [0.25, 0.3) is 10.6 Å². The maximum absolute atomic E-state index is 12.1. The van der Waals surface area contributed by atoms with Gasteiger partial charge in [-0.3, -0.25) is 9.78 Å². The molecule has 3 aromatic rings. The van der Waals surface area contributed by atoms with Crippen LogP contribution in [0, 0.1) is 6.92 Å². The fourth-order valence-corrected chi connectivity index (χ4v) is 2.64. The zero-order valence-electron chi connectivity index (χ0n) is 11.4. The first-order valence-electron chi connectivity index (χ1n) is 6.46. The summed E-state index contributed by atoms with van der Waals surface area (Å²) in [6.07, 6.45) is 3.26. The molecule has 0 aliphatic rings. The number of pyridine rings is 1. The Kier molecular flexibility index (Phi) is 3.75. The number of nitrogens with zero attached hydrogens (tertiary/aromatic N) is 2. The Morgan fingerprint density at radius 2 is 2.00 bits per heavy atom. The molecule has 2 heterocycles. The lowest BCUT2D eigenvalue weighted by atomic mass is 10.2. The SMILES string of the molecule is Cc1ccc(-c2nc(C(=O)Nc3cccnc3)cs2)cc1. The molecule has 0 bridgehead atoms. The molecular weight excluding hydrogens is 282 g/mol. The molecule has 5 heteroatoms. The van der Waals surface area contributed by atoms with Gasteiger partial charge >= 0.3 is 0 Å². The molecular formula is C16H13N3OS. The normalized spacial score (nSPS) is 10.3. The number of hydrogen-bond acceptors (Lipinski definition) is 4. The van der Waals surface area contributed by atoms with E-state index in [1.165, 1.54) is 16.9 Å². The van der Waals surface area contributed by atoms with Crippen LogP contribution in [0.1, 0.15) is 16.1 Å². The van der Waals surface area contributed by atoms with Gasteiger partial charge in [0, 0.05) is 17.1 Å². The zero-order valence-corrected chi connectivity index (χ0v) is 12.2. The second kappa shape index (κ2) is 5.85. The molecule has 0 fully saturated rings. The van der Waals surface area contributed by atoms with Crippen LogP contribution in [0.15, 0.2) is 54.2 Å². The van der Waals surface area contributed by atoms with Crippen molar-refractivity contribution in [1.29, 1.82) is 0 Å². The molecule has 0 aliphatic carbocycles. The second-order valence-corrected chi connectivity index (χ2v) is 5.46. The van der Waals surface area contributed by atoms with Crippen LogP contribution in [-0.4, -0.2) is 15.9 Å². The number of carbonyl (C=O) groups is 1. The molecule has 0 saturated heterocycles. The third kappa shape index (κ3) is 3.14. The lowest BCUT2D eigenvalue weighted by Crippen LogP contribution is -2.12. The number of nitrogens with one attached hydrogen (secondary N) is 1. The Hall–Kier alpha value is -2.53. The van der Waals surface area contributed by atoms with Gasteiger partial charge in [-0.2, -0.15) is 0 Å². The molecule has 0 radical (unpaired) electrons. The molecule has 3 rings (SSSR count). The summed E-state index contributed by atoms with van der Waals surface area (Å²) in [5.74, 6) is -0.224. The fraction of sp³-hybridized carbons (Fsp3) is 0.0625. The quantitative estimate of drug-likeness (QED) is 0.800. The summed E-state index contributed by atoms with van der Waals surface area (Å²) in [6.45, 7) is 2.04. The molecule has 21 heavy (non-hydrogen) atoms. The zero-order chi connectivity index (χ0) is 14.7. The van der Waals surface area contributed by atoms with Gasteiger partial charge in [-0.15, -0.1) is 11.3 Å². The van der Waals surface area contributed by atoms with E-state index in [0.717, 1.165) is 10.6 Å². The van der Waals surface area contributed by atoms with Gasteiger partial charge in [-0.05, 0) is 19.1 Å². The summed E-state index contributed by atoms with van der Waals surface area (Å²) < 4.78 is 0. The Bertz CT molecular complexity index is 751. The van der Waals surface area contributed by atoms with E-state index in [0.29, 0.717) is 11.4 Å². The van der Waals surface area contributed by atoms with E-state index in [9.17, 15) is 4.79 Å². The van der Waals surface area contributed by atoms with Crippen LogP contribution >= 0.6 is 11.3 Å². The fourth-order valence-electron chi connectivity index (χ4n) is 1.84. The second-order valence-electron chi connectivity index (χ2n) is 4.60. The summed E-state index contributed by atoms with van der Waals surface area (Å²) in [6, 6.07) is 11.7. The Balaban J connectivity index is 1.78. The summed E-state index contributed by atoms with van der Waals surface area (Å²) in [4.78, 5) is 20.5. The van der Waals surface area contributed by atoms with Crippen molar-refractivity contribution in [2.45, 2.75) is 6.92 Å². The van der Waals surface area contributed by atoms with Crippen molar-refractivity contribution >= 4 is 22.9 Å². The number of anilines is 1. The van der Waals surface area contributed by atoms with Crippen LogP contribution in [0.3, 0.4) is 0 Å². The van der Waals surface area contributed by atoms with Gasteiger partial charge in [-0.25, -0.2) is 4.98 Å². The highest BCUT2D eigenvalue weighted by Gasteiger charge is 2.12. The lowest BCUT2D eigenvalue weighted by Gasteiger charge is -2.01. The minimum Gasteiger partial charge on any atom is -0.319 e. The summed E-state index contributed by atoms with van der Waals surface area (Å²) in [5, 5.41) is 5.38. The van der Waals surface area contributed by atoms with Crippen LogP contribution in [0.2, 0.25) is 0 Å². The van der Waals surface area contributed by atoms with Gasteiger partial charge in [0.15, 0.2) is 0 Å². The molecule has 1 amide bonds. The number of amides is 1. The third-order valence-corrected chi connectivity index (χ3v) is 3.85. The molecule has 0 atom stereocenters. The average molecular weight is 295 g/mol. The number of benzene rings is 1. The van der Waals surface area contributed by atoms with Gasteiger partial charge in [0.05, 0.1) is 11.9 Å². The van der Waals surface area contributed by atoms with Gasteiger partial charge in [0.2, 0.25) is 0 Å². The van der Waals surface area contributed by atoms with E-state index >= 15 is 0 Å². The smallest absolute Gasteiger partial charge is 0.275 e. The minimum atomic E-state index is -0.224. The van der Waals surface area contributed by atoms with E-state index in [1.54, 1.807) is 29.9 Å². The summed E-state index contributed by atoms with van der Waals surface area (Å²) in [7, 11) is 0. The number of aromatic nitrogens is 2. The van der Waals surface area contributed by atoms with E-state index < -0.39 is 0 Å². The standard InChI is InChI=1S/C16H13N3OS/c1-11-4-6-12(7-5-11)16-19-14(10-21-16)15(20)18-13-3-2-8-17-9-13/h2-10H,1H3,(H,18,20). The van der Waals surface area contributed by atoms with E-state index in [1.807, 2.05) is 31.2 Å². The predicted molar refractivity (Wildman–Crippen MR) is 84.5 cm³/mol. The number of aryl methyl sites for hydroxylation is 1. The van der Waals surface area contributed by atoms with E-state index in [4.69, 9.17) is 0 Å². The van der Waals surface area contributed by atoms with Crippen molar-refractivity contribution in [3.63, 3.8) is 0 Å². The monoisotopic (exact) mass is 295 g/mol. The third-order valence-electron chi connectivity index (χ3n) is 2.95. The Labute approximate surface area is 126 Å². The largest absolute Gasteiger partial charge is 0.319 e. The molecule has 0 saturated carbocycles. The highest BCUT2D eigenvalue weighted by molar-refractivity contribution is 7.13. The van der Waals surface area contributed by atoms with Crippen LogP contribution in [-0.2, 0) is 0 Å². The Morgan fingerprint density at radius 3 is 2.71 bits per heavy atom. The first-order chi connectivity index (χ1) is 10.2. The number of thiazole rings is 1. The predicted octanol–water partition coefficient (Wildman–Crippen LogP) is 3.77. The topological polar surface area (TPSA) is 54.9 Å². The van der Waals surface area contributed by atoms with Gasteiger partial charge in [0.1, 0.15) is 10.7 Å². The van der Waals surface area contributed by atoms with Gasteiger partial charge in [-0.1, -0.05) is 29.8 Å². The highest BCUT2D eigenvalue weighted by Crippen LogP contribution is 2.24. The summed E-state index contributed by atoms with van der Waals surface area (Å²) >= 11 is 1.46. The van der Waals surface area contributed by atoms with Crippen LogP contribution in [0.5, 0.6) is 0 Å². The van der Waals surface area contributed by atoms with Crippen molar-refractivity contribution in [1.82, 2.24) is 9.97 Å². The first-order valence-corrected chi connectivity index (χ1v) is 7.34. The number of rotatable bonds is 3. The van der Waals surface area contributed by atoms with Crippen molar-refractivity contribution < 1.29 is 4.79 Å². The van der Waals surface area contributed by atoms with E-state index in [-0.39, 0.29) is 5.91 Å². The maximum atomic E-state index is 12.1. The molecule has 1 N–H and O–H groups in total.